The largest absolute Gasteiger partial charge is 0.484 e. The van der Waals surface area contributed by atoms with Crippen LogP contribution in [0.25, 0.3) is 0 Å². The monoisotopic (exact) mass is 394 g/mol. The number of nitrogens with one attached hydrogen (secondary N) is 1. The molecule has 0 aromatic heterocycles. The molecule has 0 unspecified atom stereocenters. The van der Waals surface area contributed by atoms with E-state index in [1.165, 1.54) is 5.56 Å². The molecule has 1 saturated heterocycles. The van der Waals surface area contributed by atoms with Crippen molar-refractivity contribution in [2.75, 3.05) is 19.7 Å². The van der Waals surface area contributed by atoms with Gasteiger partial charge in [0.05, 0.1) is 0 Å². The number of piperidine rings is 1. The molecule has 0 saturated carbocycles. The molecule has 154 valence electrons. The van der Waals surface area contributed by atoms with Crippen LogP contribution in [-0.4, -0.2) is 42.3 Å². The van der Waals surface area contributed by atoms with Crippen molar-refractivity contribution in [1.82, 2.24) is 10.2 Å². The average molecular weight is 395 g/mol. The number of amides is 1. The van der Waals surface area contributed by atoms with Crippen LogP contribution in [0.1, 0.15) is 42.6 Å². The van der Waals surface area contributed by atoms with E-state index in [1.807, 2.05) is 13.0 Å². The number of nitrogens with zero attached hydrogens (tertiary/aromatic N) is 1. The number of ether oxygens (including phenoxy) is 1. The summed E-state index contributed by atoms with van der Waals surface area (Å²) in [5.74, 6) is 0.975. The highest BCUT2D eigenvalue weighted by Gasteiger charge is 2.27. The van der Waals surface area contributed by atoms with Crippen molar-refractivity contribution in [3.05, 3.63) is 65.7 Å². The second kappa shape index (κ2) is 10.2. The van der Waals surface area contributed by atoms with Crippen molar-refractivity contribution < 1.29 is 14.3 Å². The predicted octanol–water partition coefficient (Wildman–Crippen LogP) is 3.68. The van der Waals surface area contributed by atoms with Crippen LogP contribution in [0.5, 0.6) is 5.75 Å². The minimum atomic E-state index is -0.105. The number of ketones is 1. The van der Waals surface area contributed by atoms with E-state index in [9.17, 15) is 9.59 Å². The molecular formula is C24H30N2O3. The van der Waals surface area contributed by atoms with Gasteiger partial charge in [-0.25, -0.2) is 0 Å². The van der Waals surface area contributed by atoms with Gasteiger partial charge in [0.25, 0.3) is 5.91 Å². The number of carbonyl (C=O) groups is 2. The zero-order valence-electron chi connectivity index (χ0n) is 17.3. The van der Waals surface area contributed by atoms with Gasteiger partial charge in [0, 0.05) is 37.7 Å². The van der Waals surface area contributed by atoms with E-state index in [4.69, 9.17) is 4.74 Å². The maximum atomic E-state index is 12.3. The molecule has 29 heavy (non-hydrogen) atoms. The molecule has 0 radical (unpaired) electrons. The highest BCUT2D eigenvalue weighted by molar-refractivity contribution is 5.95. The zero-order chi connectivity index (χ0) is 20.6. The standard InChI is InChI=1S/C24H30N2O3/c1-3-23(27)20-9-11-21(12-10-20)29-17-24(28)25-22-13-14-26(15-18(22)2)16-19-7-5-4-6-8-19/h4-12,18,22H,3,13-17H2,1-2H3,(H,25,28)/t18-,22-/m0/s1. The summed E-state index contributed by atoms with van der Waals surface area (Å²) >= 11 is 0. The number of hydrogen-bond donors (Lipinski definition) is 1. The van der Waals surface area contributed by atoms with Crippen molar-refractivity contribution in [3.63, 3.8) is 0 Å². The van der Waals surface area contributed by atoms with Gasteiger partial charge in [0.2, 0.25) is 0 Å². The second-order valence-electron chi connectivity index (χ2n) is 7.75. The molecule has 1 heterocycles. The first-order chi connectivity index (χ1) is 14.0. The van der Waals surface area contributed by atoms with Crippen LogP contribution in [0.15, 0.2) is 54.6 Å². The third-order valence-electron chi connectivity index (χ3n) is 5.45. The SMILES string of the molecule is CCC(=O)c1ccc(OCC(=O)N[C@H]2CCN(Cc3ccccc3)C[C@@H]2C)cc1. The second-order valence-corrected chi connectivity index (χ2v) is 7.75. The molecule has 1 aliphatic rings. The molecule has 3 rings (SSSR count). The van der Waals surface area contributed by atoms with Gasteiger partial charge in [-0.3, -0.25) is 14.5 Å². The number of hydrogen-bond acceptors (Lipinski definition) is 4. The van der Waals surface area contributed by atoms with Gasteiger partial charge in [0.15, 0.2) is 12.4 Å². The third-order valence-corrected chi connectivity index (χ3v) is 5.45. The molecule has 2 aromatic carbocycles. The summed E-state index contributed by atoms with van der Waals surface area (Å²) < 4.78 is 5.58. The molecule has 2 atom stereocenters. The van der Waals surface area contributed by atoms with Crippen molar-refractivity contribution >= 4 is 11.7 Å². The summed E-state index contributed by atoms with van der Waals surface area (Å²) in [6.45, 7) is 6.89. The number of Topliss-reactive ketones (excluding diaryl/α,β-unsaturated/α-hetero) is 1. The van der Waals surface area contributed by atoms with E-state index < -0.39 is 0 Å². The maximum Gasteiger partial charge on any atom is 0.258 e. The molecule has 0 bridgehead atoms. The Bertz CT molecular complexity index is 805. The Kier molecular flexibility index (Phi) is 7.42. The lowest BCUT2D eigenvalue weighted by Gasteiger charge is -2.37. The minimum absolute atomic E-state index is 0.0159. The lowest BCUT2D eigenvalue weighted by Crippen LogP contribution is -2.50. The van der Waals surface area contributed by atoms with Gasteiger partial charge in [-0.1, -0.05) is 44.2 Å². The van der Waals surface area contributed by atoms with Gasteiger partial charge < -0.3 is 10.1 Å². The molecule has 1 amide bonds. The molecule has 0 aliphatic carbocycles. The zero-order valence-corrected chi connectivity index (χ0v) is 17.3. The normalized spacial score (nSPS) is 19.5. The van der Waals surface area contributed by atoms with Crippen LogP contribution >= 0.6 is 0 Å². The van der Waals surface area contributed by atoms with E-state index in [1.54, 1.807) is 24.3 Å². The quantitative estimate of drug-likeness (QED) is 0.694. The number of carbonyl (C=O) groups excluding carboxylic acids is 2. The molecule has 5 heteroatoms. The fourth-order valence-electron chi connectivity index (χ4n) is 3.77. The smallest absolute Gasteiger partial charge is 0.258 e. The Morgan fingerprint density at radius 3 is 2.48 bits per heavy atom. The van der Waals surface area contributed by atoms with Gasteiger partial charge in [-0.2, -0.15) is 0 Å². The van der Waals surface area contributed by atoms with Gasteiger partial charge in [-0.05, 0) is 42.2 Å². The van der Waals surface area contributed by atoms with Gasteiger partial charge in [0.1, 0.15) is 5.75 Å². The lowest BCUT2D eigenvalue weighted by molar-refractivity contribution is -0.124. The first-order valence-corrected chi connectivity index (χ1v) is 10.4. The van der Waals surface area contributed by atoms with Crippen LogP contribution < -0.4 is 10.1 Å². The summed E-state index contributed by atoms with van der Waals surface area (Å²) in [5.41, 5.74) is 1.99. The summed E-state index contributed by atoms with van der Waals surface area (Å²) in [7, 11) is 0. The number of benzene rings is 2. The molecule has 1 N–H and O–H groups in total. The van der Waals surface area contributed by atoms with E-state index >= 15 is 0 Å². The Balaban J connectivity index is 1.42. The molecule has 1 aliphatic heterocycles. The van der Waals surface area contributed by atoms with Crippen molar-refractivity contribution in [3.8, 4) is 5.75 Å². The van der Waals surface area contributed by atoms with Crippen molar-refractivity contribution in [2.45, 2.75) is 39.3 Å². The fraction of sp³-hybridized carbons (Fsp3) is 0.417. The Hall–Kier alpha value is -2.66. The van der Waals surface area contributed by atoms with E-state index in [0.717, 1.165) is 26.1 Å². The van der Waals surface area contributed by atoms with Gasteiger partial charge in [-0.15, -0.1) is 0 Å². The average Bonchev–Trinajstić information content (AvgIpc) is 2.75. The molecule has 1 fully saturated rings. The van der Waals surface area contributed by atoms with Crippen molar-refractivity contribution in [2.24, 2.45) is 5.92 Å². The molecule has 0 spiro atoms. The van der Waals surface area contributed by atoms with Crippen LogP contribution in [-0.2, 0) is 11.3 Å². The first-order valence-electron chi connectivity index (χ1n) is 10.4. The number of rotatable bonds is 8. The van der Waals surface area contributed by atoms with Crippen LogP contribution in [0.2, 0.25) is 0 Å². The summed E-state index contributed by atoms with van der Waals surface area (Å²) in [6, 6.07) is 17.6. The number of likely N-dealkylation sites (tertiary alicyclic amines) is 1. The summed E-state index contributed by atoms with van der Waals surface area (Å²) in [4.78, 5) is 26.4. The summed E-state index contributed by atoms with van der Waals surface area (Å²) in [6.07, 6.45) is 1.42. The third kappa shape index (κ3) is 6.16. The maximum absolute atomic E-state index is 12.3. The van der Waals surface area contributed by atoms with Crippen LogP contribution in [0.4, 0.5) is 0 Å². The molecular weight excluding hydrogens is 364 g/mol. The lowest BCUT2D eigenvalue weighted by atomic mass is 9.93. The highest BCUT2D eigenvalue weighted by Crippen LogP contribution is 2.19. The first kappa shape index (κ1) is 21.1. The fourth-order valence-corrected chi connectivity index (χ4v) is 3.77. The Morgan fingerprint density at radius 2 is 1.83 bits per heavy atom. The van der Waals surface area contributed by atoms with Gasteiger partial charge >= 0.3 is 0 Å². The Morgan fingerprint density at radius 1 is 1.10 bits per heavy atom. The predicted molar refractivity (Wildman–Crippen MR) is 114 cm³/mol. The van der Waals surface area contributed by atoms with E-state index in [-0.39, 0.29) is 24.3 Å². The Labute approximate surface area is 173 Å². The van der Waals surface area contributed by atoms with Crippen molar-refractivity contribution in [1.29, 1.82) is 0 Å². The summed E-state index contributed by atoms with van der Waals surface area (Å²) in [5, 5.41) is 3.12. The molecule has 5 nitrogen and oxygen atoms in total. The van der Waals surface area contributed by atoms with Crippen LogP contribution in [0, 0.1) is 5.92 Å². The topological polar surface area (TPSA) is 58.6 Å². The van der Waals surface area contributed by atoms with E-state index in [0.29, 0.717) is 23.7 Å². The minimum Gasteiger partial charge on any atom is -0.484 e. The molecule has 2 aromatic rings. The highest BCUT2D eigenvalue weighted by atomic mass is 16.5. The van der Waals surface area contributed by atoms with Crippen LogP contribution in [0.3, 0.4) is 0 Å². The van der Waals surface area contributed by atoms with E-state index in [2.05, 4.69) is 41.4 Å².